The van der Waals surface area contributed by atoms with Gasteiger partial charge >= 0.3 is 5.97 Å². The first-order valence-electron chi connectivity index (χ1n) is 8.22. The van der Waals surface area contributed by atoms with Crippen LogP contribution in [0.5, 0.6) is 0 Å². The van der Waals surface area contributed by atoms with Crippen molar-refractivity contribution in [3.63, 3.8) is 0 Å². The molecule has 0 bridgehead atoms. The van der Waals surface area contributed by atoms with Crippen molar-refractivity contribution < 1.29 is 19.7 Å². The Bertz CT molecular complexity index is 392. The Labute approximate surface area is 168 Å². The zero-order valence-electron chi connectivity index (χ0n) is 14.7. The van der Waals surface area contributed by atoms with Crippen molar-refractivity contribution in [3.8, 4) is 11.8 Å². The summed E-state index contributed by atoms with van der Waals surface area (Å²) in [7, 11) is 1.38. The standard InChI is InChI=1S/C17H29IO4S2/c1-4-23-17(24-5-2)15(20)12-14(19)13(18)10-8-6-7-9-11-16(21)22-3/h13-15,17,19-20H,4-5,7,9-12H2,1-3H3/t13?,14-,15+/m0/s1. The van der Waals surface area contributed by atoms with Gasteiger partial charge in [0, 0.05) is 29.6 Å². The van der Waals surface area contributed by atoms with E-state index in [1.165, 1.54) is 7.11 Å². The number of hydrogen-bond acceptors (Lipinski definition) is 6. The number of halogens is 1. The van der Waals surface area contributed by atoms with Gasteiger partial charge in [0.25, 0.3) is 0 Å². The van der Waals surface area contributed by atoms with Crippen LogP contribution in [-0.4, -0.2) is 55.5 Å². The molecular formula is C17H29IO4S2. The maximum absolute atomic E-state index is 11.0. The molecule has 0 heterocycles. The van der Waals surface area contributed by atoms with E-state index < -0.39 is 12.2 Å². The molecule has 0 saturated heterocycles. The van der Waals surface area contributed by atoms with Crippen LogP contribution in [0.2, 0.25) is 0 Å². The summed E-state index contributed by atoms with van der Waals surface area (Å²) in [6, 6.07) is 0. The molecule has 3 atom stereocenters. The average Bonchev–Trinajstić information content (AvgIpc) is 2.56. The molecule has 0 aromatic rings. The summed E-state index contributed by atoms with van der Waals surface area (Å²) in [6.07, 6.45) is 1.61. The average molecular weight is 488 g/mol. The molecule has 0 rings (SSSR count). The van der Waals surface area contributed by atoms with Gasteiger partial charge in [-0.15, -0.1) is 35.4 Å². The van der Waals surface area contributed by atoms with Crippen LogP contribution in [0.1, 0.15) is 46.0 Å². The van der Waals surface area contributed by atoms with Crippen molar-refractivity contribution in [1.82, 2.24) is 0 Å². The summed E-state index contributed by atoms with van der Waals surface area (Å²) in [5, 5.41) is 20.6. The number of unbranched alkanes of at least 4 members (excludes halogenated alkanes) is 1. The number of hydrogen-bond donors (Lipinski definition) is 2. The number of alkyl halides is 1. The zero-order chi connectivity index (χ0) is 18.4. The van der Waals surface area contributed by atoms with E-state index in [4.69, 9.17) is 0 Å². The number of esters is 1. The first-order valence-corrected chi connectivity index (χ1v) is 11.6. The molecule has 7 heteroatoms. The molecule has 0 fully saturated rings. The topological polar surface area (TPSA) is 66.8 Å². The van der Waals surface area contributed by atoms with Crippen LogP contribution in [0, 0.1) is 11.8 Å². The third-order valence-electron chi connectivity index (χ3n) is 3.21. The largest absolute Gasteiger partial charge is 0.469 e. The highest BCUT2D eigenvalue weighted by Crippen LogP contribution is 2.29. The highest BCUT2D eigenvalue weighted by molar-refractivity contribution is 14.1. The zero-order valence-corrected chi connectivity index (χ0v) is 18.5. The lowest BCUT2D eigenvalue weighted by atomic mass is 10.1. The third kappa shape index (κ3) is 11.9. The lowest BCUT2D eigenvalue weighted by molar-refractivity contribution is -0.140. The first kappa shape index (κ1) is 24.4. The molecule has 0 aliphatic carbocycles. The molecule has 0 radical (unpaired) electrons. The summed E-state index contributed by atoms with van der Waals surface area (Å²) in [6.45, 7) is 4.15. The number of aliphatic hydroxyl groups excluding tert-OH is 2. The quantitative estimate of drug-likeness (QED) is 0.110. The maximum Gasteiger partial charge on any atom is 0.305 e. The van der Waals surface area contributed by atoms with Gasteiger partial charge < -0.3 is 14.9 Å². The molecule has 0 saturated carbocycles. The summed E-state index contributed by atoms with van der Waals surface area (Å²) < 4.78 is 4.67. The van der Waals surface area contributed by atoms with Crippen molar-refractivity contribution >= 4 is 52.1 Å². The third-order valence-corrected chi connectivity index (χ3v) is 7.25. The number of ether oxygens (including phenoxy) is 1. The molecule has 0 aromatic heterocycles. The molecule has 0 aromatic carbocycles. The van der Waals surface area contributed by atoms with Crippen molar-refractivity contribution in [3.05, 3.63) is 0 Å². The highest BCUT2D eigenvalue weighted by atomic mass is 127. The number of methoxy groups -OCH3 is 1. The van der Waals surface area contributed by atoms with E-state index in [9.17, 15) is 15.0 Å². The Kier molecular flexibility index (Phi) is 15.9. The van der Waals surface area contributed by atoms with Crippen LogP contribution in [0.3, 0.4) is 0 Å². The summed E-state index contributed by atoms with van der Waals surface area (Å²) in [4.78, 5) is 11.0. The minimum atomic E-state index is -0.567. The molecule has 0 aliphatic rings. The Morgan fingerprint density at radius 2 is 1.79 bits per heavy atom. The van der Waals surface area contributed by atoms with Crippen LogP contribution in [-0.2, 0) is 9.53 Å². The number of carbonyl (C=O) groups excluding carboxylic acids is 1. The molecule has 4 nitrogen and oxygen atoms in total. The van der Waals surface area contributed by atoms with Gasteiger partial charge in [-0.2, -0.15) is 0 Å². The van der Waals surface area contributed by atoms with E-state index in [0.29, 0.717) is 32.1 Å². The van der Waals surface area contributed by atoms with Crippen LogP contribution < -0.4 is 0 Å². The first-order chi connectivity index (χ1) is 11.5. The second kappa shape index (κ2) is 15.6. The van der Waals surface area contributed by atoms with E-state index in [0.717, 1.165) is 11.5 Å². The van der Waals surface area contributed by atoms with E-state index in [1.807, 2.05) is 0 Å². The molecule has 0 spiro atoms. The Balaban J connectivity index is 4.13. The minimum Gasteiger partial charge on any atom is -0.469 e. The predicted octanol–water partition coefficient (Wildman–Crippen LogP) is 3.47. The summed E-state index contributed by atoms with van der Waals surface area (Å²) >= 11 is 5.65. The molecule has 0 aliphatic heterocycles. The van der Waals surface area contributed by atoms with E-state index in [2.05, 4.69) is 53.0 Å². The van der Waals surface area contributed by atoms with Gasteiger partial charge in [0.15, 0.2) is 0 Å². The van der Waals surface area contributed by atoms with Gasteiger partial charge in [0.1, 0.15) is 0 Å². The van der Waals surface area contributed by atoms with Gasteiger partial charge in [-0.3, -0.25) is 4.79 Å². The normalized spacial score (nSPS) is 14.6. The molecular weight excluding hydrogens is 459 g/mol. The maximum atomic E-state index is 11.0. The lowest BCUT2D eigenvalue weighted by Crippen LogP contribution is -2.30. The number of carbonyl (C=O) groups is 1. The fourth-order valence-corrected chi connectivity index (χ4v) is 4.96. The van der Waals surface area contributed by atoms with Crippen molar-refractivity contribution in [2.45, 2.75) is 66.7 Å². The summed E-state index contributed by atoms with van der Waals surface area (Å²) in [5.41, 5.74) is 0. The van der Waals surface area contributed by atoms with Crippen LogP contribution in [0.15, 0.2) is 0 Å². The van der Waals surface area contributed by atoms with Crippen molar-refractivity contribution in [1.29, 1.82) is 0 Å². The van der Waals surface area contributed by atoms with Gasteiger partial charge in [-0.1, -0.05) is 36.4 Å². The molecule has 24 heavy (non-hydrogen) atoms. The van der Waals surface area contributed by atoms with E-state index in [1.54, 1.807) is 23.5 Å². The Morgan fingerprint density at radius 3 is 2.33 bits per heavy atom. The number of rotatable bonds is 12. The van der Waals surface area contributed by atoms with Gasteiger partial charge in [0.2, 0.25) is 0 Å². The second-order valence-electron chi connectivity index (χ2n) is 5.15. The van der Waals surface area contributed by atoms with Crippen molar-refractivity contribution in [2.24, 2.45) is 0 Å². The van der Waals surface area contributed by atoms with Gasteiger partial charge in [0.05, 0.1) is 23.9 Å². The molecule has 1 unspecified atom stereocenters. The SMILES string of the molecule is CCSC(SCC)[C@H](O)C[C@H](O)C(I)CC#CCCCC(=O)OC. The van der Waals surface area contributed by atoms with Gasteiger partial charge in [-0.25, -0.2) is 0 Å². The summed E-state index contributed by atoms with van der Waals surface area (Å²) in [5.74, 6) is 7.77. The predicted molar refractivity (Wildman–Crippen MR) is 113 cm³/mol. The number of aliphatic hydroxyl groups is 2. The monoisotopic (exact) mass is 488 g/mol. The van der Waals surface area contributed by atoms with Crippen LogP contribution in [0.4, 0.5) is 0 Å². The molecule has 140 valence electrons. The number of thioether (sulfide) groups is 2. The van der Waals surface area contributed by atoms with E-state index >= 15 is 0 Å². The smallest absolute Gasteiger partial charge is 0.305 e. The fourth-order valence-electron chi connectivity index (χ4n) is 1.92. The lowest BCUT2D eigenvalue weighted by Gasteiger charge is -2.25. The van der Waals surface area contributed by atoms with Crippen LogP contribution >= 0.6 is 46.1 Å². The van der Waals surface area contributed by atoms with Crippen LogP contribution in [0.25, 0.3) is 0 Å². The highest BCUT2D eigenvalue weighted by Gasteiger charge is 2.25. The van der Waals surface area contributed by atoms with Crippen molar-refractivity contribution in [2.75, 3.05) is 18.6 Å². The molecule has 0 amide bonds. The van der Waals surface area contributed by atoms with E-state index in [-0.39, 0.29) is 14.5 Å². The Morgan fingerprint density at radius 1 is 1.17 bits per heavy atom. The second-order valence-corrected chi connectivity index (χ2v) is 9.89. The van der Waals surface area contributed by atoms with Gasteiger partial charge in [-0.05, 0) is 17.9 Å². The fraction of sp³-hybridized carbons (Fsp3) is 0.824. The minimum absolute atomic E-state index is 0.00994. The molecule has 2 N–H and O–H groups in total. The Hall–Kier alpha value is 0.380.